The maximum atomic E-state index is 11.0. The van der Waals surface area contributed by atoms with Gasteiger partial charge in [0.2, 0.25) is 0 Å². The molecule has 2 rings (SSSR count). The molecule has 4 unspecified atom stereocenters. The summed E-state index contributed by atoms with van der Waals surface area (Å²) < 4.78 is 0. The Balaban J connectivity index is 2.15. The van der Waals surface area contributed by atoms with Gasteiger partial charge >= 0.3 is 0 Å². The first-order chi connectivity index (χ1) is 10.0. The third-order valence-electron chi connectivity index (χ3n) is 4.94. The van der Waals surface area contributed by atoms with Crippen molar-refractivity contribution in [3.8, 4) is 0 Å². The molecule has 1 fully saturated rings. The number of nitro groups is 1. The van der Waals surface area contributed by atoms with Crippen LogP contribution in [-0.4, -0.2) is 11.0 Å². The Bertz CT molecular complexity index is 489. The fourth-order valence-electron chi connectivity index (χ4n) is 3.35. The second-order valence-electron chi connectivity index (χ2n) is 6.38. The average molecular weight is 290 g/mol. The minimum atomic E-state index is -0.313. The summed E-state index contributed by atoms with van der Waals surface area (Å²) in [6, 6.07) is 7.81. The highest BCUT2D eigenvalue weighted by Gasteiger charge is 2.31. The van der Waals surface area contributed by atoms with Crippen molar-refractivity contribution in [2.75, 3.05) is 0 Å². The molecule has 1 aromatic carbocycles. The number of hydrogen-bond donors (Lipinski definition) is 1. The molecule has 1 N–H and O–H groups in total. The van der Waals surface area contributed by atoms with Crippen LogP contribution in [0.2, 0.25) is 0 Å². The van der Waals surface area contributed by atoms with Gasteiger partial charge in [0.25, 0.3) is 5.69 Å². The van der Waals surface area contributed by atoms with Gasteiger partial charge in [-0.05, 0) is 36.7 Å². The van der Waals surface area contributed by atoms with Gasteiger partial charge in [0, 0.05) is 24.2 Å². The van der Waals surface area contributed by atoms with Gasteiger partial charge in [-0.1, -0.05) is 39.3 Å². The number of nitrogens with one attached hydrogen (secondary N) is 1. The summed E-state index contributed by atoms with van der Waals surface area (Å²) in [4.78, 5) is 10.6. The van der Waals surface area contributed by atoms with Gasteiger partial charge in [-0.2, -0.15) is 0 Å². The predicted molar refractivity (Wildman–Crippen MR) is 85.2 cm³/mol. The van der Waals surface area contributed by atoms with Crippen LogP contribution in [-0.2, 0) is 0 Å². The summed E-state index contributed by atoms with van der Waals surface area (Å²) in [5, 5.41) is 14.7. The average Bonchev–Trinajstić information content (AvgIpc) is 2.79. The normalized spacial score (nSPS) is 26.7. The maximum Gasteiger partial charge on any atom is 0.269 e. The molecule has 0 heterocycles. The van der Waals surface area contributed by atoms with Crippen LogP contribution >= 0.6 is 0 Å². The molecule has 0 radical (unpaired) electrons. The van der Waals surface area contributed by atoms with Crippen LogP contribution < -0.4 is 5.32 Å². The molecule has 0 amide bonds. The zero-order valence-corrected chi connectivity index (χ0v) is 13.2. The Labute approximate surface area is 127 Å². The molecule has 21 heavy (non-hydrogen) atoms. The van der Waals surface area contributed by atoms with E-state index in [0.29, 0.717) is 12.0 Å². The lowest BCUT2D eigenvalue weighted by Crippen LogP contribution is -2.35. The summed E-state index contributed by atoms with van der Waals surface area (Å²) in [7, 11) is 0. The van der Waals surface area contributed by atoms with Crippen molar-refractivity contribution in [1.29, 1.82) is 0 Å². The lowest BCUT2D eigenvalue weighted by molar-refractivity contribution is -0.384. The highest BCUT2D eigenvalue weighted by molar-refractivity contribution is 5.35. The van der Waals surface area contributed by atoms with Crippen LogP contribution in [0.3, 0.4) is 0 Å². The van der Waals surface area contributed by atoms with Gasteiger partial charge < -0.3 is 5.32 Å². The molecule has 1 aliphatic carbocycles. The summed E-state index contributed by atoms with van der Waals surface area (Å²) in [5.41, 5.74) is 1.22. The Morgan fingerprint density at radius 1 is 1.38 bits per heavy atom. The van der Waals surface area contributed by atoms with Crippen molar-refractivity contribution in [3.05, 3.63) is 39.9 Å². The Morgan fingerprint density at radius 2 is 2.14 bits per heavy atom. The molecule has 1 saturated carbocycles. The van der Waals surface area contributed by atoms with E-state index in [4.69, 9.17) is 0 Å². The van der Waals surface area contributed by atoms with Crippen molar-refractivity contribution >= 4 is 5.69 Å². The van der Waals surface area contributed by atoms with E-state index in [-0.39, 0.29) is 16.7 Å². The van der Waals surface area contributed by atoms with Crippen LogP contribution in [0.15, 0.2) is 24.3 Å². The Kier molecular flexibility index (Phi) is 5.34. The largest absolute Gasteiger partial charge is 0.307 e. The summed E-state index contributed by atoms with van der Waals surface area (Å²) >= 11 is 0. The number of benzene rings is 1. The van der Waals surface area contributed by atoms with Crippen molar-refractivity contribution in [2.45, 2.75) is 58.5 Å². The fourth-order valence-corrected chi connectivity index (χ4v) is 3.35. The first-order valence-electron chi connectivity index (χ1n) is 8.03. The van der Waals surface area contributed by atoms with Crippen molar-refractivity contribution in [1.82, 2.24) is 5.32 Å². The van der Waals surface area contributed by atoms with Gasteiger partial charge in [-0.25, -0.2) is 0 Å². The van der Waals surface area contributed by atoms with Crippen LogP contribution in [0.4, 0.5) is 5.69 Å². The van der Waals surface area contributed by atoms with E-state index in [1.807, 2.05) is 6.07 Å². The molecule has 0 aromatic heterocycles. The van der Waals surface area contributed by atoms with E-state index < -0.39 is 0 Å². The zero-order chi connectivity index (χ0) is 15.4. The van der Waals surface area contributed by atoms with E-state index >= 15 is 0 Å². The monoisotopic (exact) mass is 290 g/mol. The molecule has 0 saturated heterocycles. The molecule has 0 aliphatic heterocycles. The third-order valence-corrected chi connectivity index (χ3v) is 4.94. The summed E-state index contributed by atoms with van der Waals surface area (Å²) in [5.74, 6) is 1.43. The highest BCUT2D eigenvalue weighted by Crippen LogP contribution is 2.34. The van der Waals surface area contributed by atoms with Gasteiger partial charge in [0.1, 0.15) is 0 Å². The second kappa shape index (κ2) is 7.03. The minimum absolute atomic E-state index is 0.184. The molecule has 116 valence electrons. The maximum absolute atomic E-state index is 11.0. The third kappa shape index (κ3) is 3.82. The fraction of sp³-hybridized carbons (Fsp3) is 0.647. The first kappa shape index (κ1) is 16.0. The molecule has 0 bridgehead atoms. The van der Waals surface area contributed by atoms with Crippen LogP contribution in [0.25, 0.3) is 0 Å². The summed E-state index contributed by atoms with van der Waals surface area (Å²) in [6.07, 6.45) is 4.56. The van der Waals surface area contributed by atoms with Crippen molar-refractivity contribution < 1.29 is 4.92 Å². The van der Waals surface area contributed by atoms with Gasteiger partial charge in [0.15, 0.2) is 0 Å². The molecule has 4 heteroatoms. The number of nitrogens with zero attached hydrogens (tertiary/aromatic N) is 1. The molecular weight excluding hydrogens is 264 g/mol. The van der Waals surface area contributed by atoms with E-state index in [9.17, 15) is 10.1 Å². The van der Waals surface area contributed by atoms with Crippen molar-refractivity contribution in [2.24, 2.45) is 11.8 Å². The van der Waals surface area contributed by atoms with E-state index in [1.54, 1.807) is 18.2 Å². The number of hydrogen-bond acceptors (Lipinski definition) is 3. The first-order valence-corrected chi connectivity index (χ1v) is 8.03. The standard InChI is InChI=1S/C17H26N2O2/c1-4-6-17(18-16-10-9-12(2)13(16)3)14-7-5-8-15(11-14)19(20)21/h5,7-8,11-13,16-18H,4,6,9-10H2,1-3H3. The zero-order valence-electron chi connectivity index (χ0n) is 13.2. The van der Waals surface area contributed by atoms with Gasteiger partial charge in [-0.15, -0.1) is 0 Å². The quantitative estimate of drug-likeness (QED) is 0.621. The smallest absolute Gasteiger partial charge is 0.269 e. The van der Waals surface area contributed by atoms with Gasteiger partial charge in [-0.3, -0.25) is 10.1 Å². The second-order valence-corrected chi connectivity index (χ2v) is 6.38. The Hall–Kier alpha value is -1.42. The SMILES string of the molecule is CCCC(NC1CCC(C)C1C)c1cccc([N+](=O)[O-])c1. The molecular formula is C17H26N2O2. The number of nitro benzene ring substituents is 1. The van der Waals surface area contributed by atoms with Crippen LogP contribution in [0, 0.1) is 22.0 Å². The Morgan fingerprint density at radius 3 is 2.71 bits per heavy atom. The highest BCUT2D eigenvalue weighted by atomic mass is 16.6. The molecule has 0 spiro atoms. The van der Waals surface area contributed by atoms with Crippen LogP contribution in [0.5, 0.6) is 0 Å². The molecule has 4 atom stereocenters. The summed E-state index contributed by atoms with van der Waals surface area (Å²) in [6.45, 7) is 6.78. The lowest BCUT2D eigenvalue weighted by atomic mass is 9.95. The molecule has 1 aliphatic rings. The molecule has 4 nitrogen and oxygen atoms in total. The van der Waals surface area contributed by atoms with Crippen LogP contribution in [0.1, 0.15) is 58.1 Å². The van der Waals surface area contributed by atoms with E-state index in [0.717, 1.165) is 24.3 Å². The molecule has 1 aromatic rings. The predicted octanol–water partition coefficient (Wildman–Crippen LogP) is 4.46. The van der Waals surface area contributed by atoms with Gasteiger partial charge in [0.05, 0.1) is 4.92 Å². The topological polar surface area (TPSA) is 55.2 Å². The van der Waals surface area contributed by atoms with E-state index in [2.05, 4.69) is 26.1 Å². The minimum Gasteiger partial charge on any atom is -0.307 e. The van der Waals surface area contributed by atoms with Crippen molar-refractivity contribution in [3.63, 3.8) is 0 Å². The number of non-ortho nitro benzene ring substituents is 1. The van der Waals surface area contributed by atoms with E-state index in [1.165, 1.54) is 12.8 Å². The lowest BCUT2D eigenvalue weighted by Gasteiger charge is -2.27. The number of rotatable bonds is 6.